The number of halogens is 2. The molecule has 0 amide bonds. The van der Waals surface area contributed by atoms with Gasteiger partial charge in [-0.05, 0) is 42.8 Å². The Morgan fingerprint density at radius 1 is 1.04 bits per heavy atom. The quantitative estimate of drug-likeness (QED) is 0.690. The van der Waals surface area contributed by atoms with Crippen LogP contribution in [0.4, 0.5) is 21.8 Å². The first-order chi connectivity index (χ1) is 11.6. The van der Waals surface area contributed by atoms with Gasteiger partial charge in [0.15, 0.2) is 0 Å². The molecule has 0 saturated carbocycles. The number of nitrogens with one attached hydrogen (secondary N) is 2. The Morgan fingerprint density at radius 3 is 2.58 bits per heavy atom. The zero-order chi connectivity index (χ0) is 16.9. The van der Waals surface area contributed by atoms with E-state index in [0.717, 1.165) is 11.3 Å². The van der Waals surface area contributed by atoms with Crippen molar-refractivity contribution in [2.75, 3.05) is 10.6 Å². The van der Waals surface area contributed by atoms with Gasteiger partial charge in [-0.25, -0.2) is 9.37 Å². The van der Waals surface area contributed by atoms with Gasteiger partial charge in [0.25, 0.3) is 0 Å². The van der Waals surface area contributed by atoms with Crippen molar-refractivity contribution in [1.29, 1.82) is 0 Å². The maximum atomic E-state index is 13.3. The van der Waals surface area contributed by atoms with Crippen LogP contribution < -0.4 is 10.6 Å². The third-order valence-electron chi connectivity index (χ3n) is 3.32. The molecule has 0 aliphatic heterocycles. The lowest BCUT2D eigenvalue weighted by Crippen LogP contribution is -2.05. The summed E-state index contributed by atoms with van der Waals surface area (Å²) in [5, 5.41) is 6.97. The van der Waals surface area contributed by atoms with E-state index in [0.29, 0.717) is 29.0 Å². The fourth-order valence-electron chi connectivity index (χ4n) is 2.21. The van der Waals surface area contributed by atoms with Crippen molar-refractivity contribution in [2.45, 2.75) is 13.5 Å². The van der Waals surface area contributed by atoms with Crippen LogP contribution in [-0.2, 0) is 6.54 Å². The van der Waals surface area contributed by atoms with Crippen LogP contribution >= 0.6 is 11.6 Å². The van der Waals surface area contributed by atoms with Crippen LogP contribution in [0.25, 0.3) is 0 Å². The van der Waals surface area contributed by atoms with E-state index in [1.54, 1.807) is 12.1 Å². The van der Waals surface area contributed by atoms with Crippen LogP contribution in [0.15, 0.2) is 54.6 Å². The zero-order valence-corrected chi connectivity index (χ0v) is 13.8. The summed E-state index contributed by atoms with van der Waals surface area (Å²) in [5.41, 5.74) is 2.50. The Kier molecular flexibility index (Phi) is 4.91. The summed E-state index contributed by atoms with van der Waals surface area (Å²) in [4.78, 5) is 8.73. The number of rotatable bonds is 5. The summed E-state index contributed by atoms with van der Waals surface area (Å²) < 4.78 is 13.3. The second-order valence-corrected chi connectivity index (χ2v) is 5.77. The third kappa shape index (κ3) is 4.43. The van der Waals surface area contributed by atoms with Crippen LogP contribution in [0.3, 0.4) is 0 Å². The van der Waals surface area contributed by atoms with Crippen molar-refractivity contribution in [3.05, 3.63) is 76.7 Å². The third-order valence-corrected chi connectivity index (χ3v) is 3.57. The summed E-state index contributed by atoms with van der Waals surface area (Å²) in [5.74, 6) is 0.796. The molecule has 0 fully saturated rings. The minimum absolute atomic E-state index is 0.311. The maximum Gasteiger partial charge on any atom is 0.229 e. The lowest BCUT2D eigenvalue weighted by Gasteiger charge is -2.10. The van der Waals surface area contributed by atoms with Gasteiger partial charge >= 0.3 is 0 Å². The lowest BCUT2D eigenvalue weighted by atomic mass is 10.2. The predicted molar refractivity (Wildman–Crippen MR) is 95.2 cm³/mol. The predicted octanol–water partition coefficient (Wildman–Crippen LogP) is 4.93. The van der Waals surface area contributed by atoms with Gasteiger partial charge in [0.05, 0.1) is 0 Å². The molecule has 4 nitrogen and oxygen atoms in total. The molecule has 2 N–H and O–H groups in total. The standard InChI is InChI=1S/C18H16ClFN4/c1-12-9-17(21-11-13-5-7-14(19)8-6-13)24-18(22-12)23-16-4-2-3-15(20)10-16/h2-10H,11H2,1H3,(H2,21,22,23,24). The van der Waals surface area contributed by atoms with Gasteiger partial charge in [-0.15, -0.1) is 0 Å². The summed E-state index contributed by atoms with van der Waals surface area (Å²) >= 11 is 5.88. The first-order valence-corrected chi connectivity index (χ1v) is 7.83. The summed E-state index contributed by atoms with van der Waals surface area (Å²) in [6.45, 7) is 2.50. The number of anilines is 3. The molecule has 3 rings (SSSR count). The molecule has 0 saturated heterocycles. The maximum absolute atomic E-state index is 13.3. The molecule has 0 aliphatic rings. The van der Waals surface area contributed by atoms with Crippen LogP contribution in [0, 0.1) is 12.7 Å². The Morgan fingerprint density at radius 2 is 1.83 bits per heavy atom. The fourth-order valence-corrected chi connectivity index (χ4v) is 2.33. The van der Waals surface area contributed by atoms with E-state index >= 15 is 0 Å². The summed E-state index contributed by atoms with van der Waals surface area (Å²) in [6.07, 6.45) is 0. The first-order valence-electron chi connectivity index (χ1n) is 7.45. The van der Waals surface area contributed by atoms with Crippen molar-refractivity contribution in [1.82, 2.24) is 9.97 Å². The van der Waals surface area contributed by atoms with Crippen LogP contribution in [0.2, 0.25) is 5.02 Å². The van der Waals surface area contributed by atoms with Gasteiger partial charge in [0.1, 0.15) is 11.6 Å². The van der Waals surface area contributed by atoms with Gasteiger partial charge < -0.3 is 10.6 Å². The SMILES string of the molecule is Cc1cc(NCc2ccc(Cl)cc2)nc(Nc2cccc(F)c2)n1. The molecule has 0 aliphatic carbocycles. The van der Waals surface area contributed by atoms with Gasteiger partial charge in [0.2, 0.25) is 5.95 Å². The van der Waals surface area contributed by atoms with E-state index in [9.17, 15) is 4.39 Å². The molecular formula is C18H16ClFN4. The fraction of sp³-hybridized carbons (Fsp3) is 0.111. The molecule has 6 heteroatoms. The largest absolute Gasteiger partial charge is 0.366 e. The average Bonchev–Trinajstić information content (AvgIpc) is 2.54. The van der Waals surface area contributed by atoms with E-state index < -0.39 is 0 Å². The second-order valence-electron chi connectivity index (χ2n) is 5.33. The molecule has 24 heavy (non-hydrogen) atoms. The highest BCUT2D eigenvalue weighted by Crippen LogP contribution is 2.17. The van der Waals surface area contributed by atoms with Gasteiger partial charge in [-0.2, -0.15) is 4.98 Å². The lowest BCUT2D eigenvalue weighted by molar-refractivity contribution is 0.628. The van der Waals surface area contributed by atoms with E-state index in [4.69, 9.17) is 11.6 Å². The van der Waals surface area contributed by atoms with Crippen LogP contribution in [0.5, 0.6) is 0 Å². The average molecular weight is 343 g/mol. The normalized spacial score (nSPS) is 10.5. The monoisotopic (exact) mass is 342 g/mol. The molecule has 122 valence electrons. The van der Waals surface area contributed by atoms with Gasteiger partial charge in [0, 0.05) is 29.0 Å². The van der Waals surface area contributed by atoms with Crippen molar-refractivity contribution in [3.63, 3.8) is 0 Å². The molecule has 0 bridgehead atoms. The Hall–Kier alpha value is -2.66. The Bertz CT molecular complexity index is 837. The summed E-state index contributed by atoms with van der Waals surface area (Å²) in [6, 6.07) is 15.6. The summed E-state index contributed by atoms with van der Waals surface area (Å²) in [7, 11) is 0. The van der Waals surface area contributed by atoms with Gasteiger partial charge in [-0.3, -0.25) is 0 Å². The molecule has 1 aromatic heterocycles. The first kappa shape index (κ1) is 16.2. The topological polar surface area (TPSA) is 49.8 Å². The van der Waals surface area contributed by atoms with E-state index in [1.807, 2.05) is 37.3 Å². The highest BCUT2D eigenvalue weighted by molar-refractivity contribution is 6.30. The second kappa shape index (κ2) is 7.27. The number of nitrogens with zero attached hydrogens (tertiary/aromatic N) is 2. The molecule has 2 aromatic carbocycles. The number of benzene rings is 2. The minimum Gasteiger partial charge on any atom is -0.366 e. The van der Waals surface area contributed by atoms with E-state index in [-0.39, 0.29) is 5.82 Å². The highest BCUT2D eigenvalue weighted by Gasteiger charge is 2.04. The number of hydrogen-bond donors (Lipinski definition) is 2. The van der Waals surface area contributed by atoms with E-state index in [2.05, 4.69) is 20.6 Å². The van der Waals surface area contributed by atoms with Crippen molar-refractivity contribution in [2.24, 2.45) is 0 Å². The number of hydrogen-bond acceptors (Lipinski definition) is 4. The smallest absolute Gasteiger partial charge is 0.229 e. The van der Waals surface area contributed by atoms with Crippen LogP contribution in [0.1, 0.15) is 11.3 Å². The molecule has 3 aromatic rings. The van der Waals surface area contributed by atoms with Gasteiger partial charge in [-0.1, -0.05) is 29.8 Å². The number of aryl methyl sites for hydroxylation is 1. The molecule has 0 spiro atoms. The van der Waals surface area contributed by atoms with Crippen molar-refractivity contribution in [3.8, 4) is 0 Å². The van der Waals surface area contributed by atoms with Crippen LogP contribution in [-0.4, -0.2) is 9.97 Å². The molecular weight excluding hydrogens is 327 g/mol. The molecule has 0 radical (unpaired) electrons. The highest BCUT2D eigenvalue weighted by atomic mass is 35.5. The number of aromatic nitrogens is 2. The molecule has 0 atom stereocenters. The van der Waals surface area contributed by atoms with Crippen molar-refractivity contribution < 1.29 is 4.39 Å². The Labute approximate surface area is 144 Å². The molecule has 1 heterocycles. The minimum atomic E-state index is -0.311. The molecule has 0 unspecified atom stereocenters. The van der Waals surface area contributed by atoms with E-state index in [1.165, 1.54) is 12.1 Å². The zero-order valence-electron chi connectivity index (χ0n) is 13.1. The Balaban J connectivity index is 1.72. The van der Waals surface area contributed by atoms with Crippen molar-refractivity contribution >= 4 is 29.1 Å².